The van der Waals surface area contributed by atoms with Crippen LogP contribution in [0.1, 0.15) is 10.4 Å². The number of carbonyl (C=O) groups is 1. The molecule has 0 aliphatic carbocycles. The molecule has 0 saturated heterocycles. The van der Waals surface area contributed by atoms with Gasteiger partial charge < -0.3 is 4.90 Å². The van der Waals surface area contributed by atoms with Crippen LogP contribution in [0, 0.1) is 0 Å². The summed E-state index contributed by atoms with van der Waals surface area (Å²) in [6, 6.07) is 17.0. The van der Waals surface area contributed by atoms with Gasteiger partial charge in [0.15, 0.2) is 0 Å². The number of rotatable bonds is 3. The number of benzene rings is 2. The number of aromatic nitrogens is 2. The SMILES string of the molecule is CN(C)C(=O)c1c(-c2ccccc2)cnnc1-c1cccc(Cl)c1. The zero-order valence-corrected chi connectivity index (χ0v) is 14.2. The molecule has 120 valence electrons. The van der Waals surface area contributed by atoms with Crippen molar-refractivity contribution in [3.63, 3.8) is 0 Å². The molecule has 4 nitrogen and oxygen atoms in total. The van der Waals surface area contributed by atoms with E-state index in [4.69, 9.17) is 11.6 Å². The molecule has 0 saturated carbocycles. The number of nitrogens with zero attached hydrogens (tertiary/aromatic N) is 3. The summed E-state index contributed by atoms with van der Waals surface area (Å²) in [7, 11) is 3.44. The minimum absolute atomic E-state index is 0.126. The van der Waals surface area contributed by atoms with Gasteiger partial charge in [-0.3, -0.25) is 4.79 Å². The fourth-order valence-electron chi connectivity index (χ4n) is 2.50. The summed E-state index contributed by atoms with van der Waals surface area (Å²) in [6.07, 6.45) is 1.63. The van der Waals surface area contributed by atoms with Crippen LogP contribution in [0.2, 0.25) is 5.02 Å². The fourth-order valence-corrected chi connectivity index (χ4v) is 2.69. The van der Waals surface area contributed by atoms with Crippen LogP contribution in [-0.4, -0.2) is 35.1 Å². The van der Waals surface area contributed by atoms with Crippen LogP contribution in [0.15, 0.2) is 60.8 Å². The van der Waals surface area contributed by atoms with E-state index in [0.717, 1.165) is 16.7 Å². The maximum absolute atomic E-state index is 12.8. The lowest BCUT2D eigenvalue weighted by molar-refractivity contribution is 0.0828. The molecule has 0 spiro atoms. The molecule has 0 bridgehead atoms. The molecule has 2 aromatic carbocycles. The van der Waals surface area contributed by atoms with E-state index in [1.165, 1.54) is 4.90 Å². The molecule has 0 unspecified atom stereocenters. The van der Waals surface area contributed by atoms with Crippen LogP contribution in [0.5, 0.6) is 0 Å². The first-order valence-electron chi connectivity index (χ1n) is 7.46. The number of hydrogen-bond acceptors (Lipinski definition) is 3. The van der Waals surface area contributed by atoms with Crippen LogP contribution in [0.25, 0.3) is 22.4 Å². The molecule has 5 heteroatoms. The van der Waals surface area contributed by atoms with Gasteiger partial charge in [-0.25, -0.2) is 0 Å². The third-order valence-corrected chi connectivity index (χ3v) is 3.89. The molecule has 0 N–H and O–H groups in total. The lowest BCUT2D eigenvalue weighted by Gasteiger charge is -2.17. The van der Waals surface area contributed by atoms with E-state index in [9.17, 15) is 4.79 Å². The average Bonchev–Trinajstić information content (AvgIpc) is 2.61. The molecule has 24 heavy (non-hydrogen) atoms. The van der Waals surface area contributed by atoms with Crippen LogP contribution in [0.4, 0.5) is 0 Å². The predicted molar refractivity (Wildman–Crippen MR) is 95.9 cm³/mol. The van der Waals surface area contributed by atoms with E-state index in [1.54, 1.807) is 32.4 Å². The molecule has 0 aliphatic rings. The molecular formula is C19H16ClN3O. The second-order valence-electron chi connectivity index (χ2n) is 5.56. The van der Waals surface area contributed by atoms with Gasteiger partial charge in [-0.05, 0) is 17.7 Å². The van der Waals surface area contributed by atoms with Gasteiger partial charge in [0.05, 0.1) is 11.8 Å². The molecule has 1 aromatic heterocycles. The highest BCUT2D eigenvalue weighted by atomic mass is 35.5. The molecule has 3 rings (SSSR count). The molecule has 0 aliphatic heterocycles. The Morgan fingerprint density at radius 1 is 1.00 bits per heavy atom. The summed E-state index contributed by atoms with van der Waals surface area (Å²) >= 11 is 6.10. The third kappa shape index (κ3) is 3.14. The molecule has 0 radical (unpaired) electrons. The topological polar surface area (TPSA) is 46.1 Å². The molecule has 1 amide bonds. The number of amides is 1. The summed E-state index contributed by atoms with van der Waals surface area (Å²) in [5, 5.41) is 8.91. The van der Waals surface area contributed by atoms with Gasteiger partial charge in [0.1, 0.15) is 5.69 Å². The Kier molecular flexibility index (Phi) is 4.58. The van der Waals surface area contributed by atoms with Gasteiger partial charge in [-0.2, -0.15) is 5.10 Å². The monoisotopic (exact) mass is 337 g/mol. The average molecular weight is 338 g/mol. The fraction of sp³-hybridized carbons (Fsp3) is 0.105. The van der Waals surface area contributed by atoms with Gasteiger partial charge in [0.2, 0.25) is 0 Å². The minimum atomic E-state index is -0.126. The highest BCUT2D eigenvalue weighted by molar-refractivity contribution is 6.30. The largest absolute Gasteiger partial charge is 0.345 e. The molecular weight excluding hydrogens is 322 g/mol. The van der Waals surface area contributed by atoms with Crippen molar-refractivity contribution in [2.45, 2.75) is 0 Å². The number of halogens is 1. The maximum atomic E-state index is 12.8. The van der Waals surface area contributed by atoms with Crippen LogP contribution in [-0.2, 0) is 0 Å². The summed E-state index contributed by atoms with van der Waals surface area (Å²) in [6.45, 7) is 0. The van der Waals surface area contributed by atoms with Crippen molar-refractivity contribution in [1.29, 1.82) is 0 Å². The van der Waals surface area contributed by atoms with Gasteiger partial charge in [-0.1, -0.05) is 54.1 Å². The minimum Gasteiger partial charge on any atom is -0.345 e. The van der Waals surface area contributed by atoms with Gasteiger partial charge in [0, 0.05) is 30.2 Å². The molecule has 0 atom stereocenters. The van der Waals surface area contributed by atoms with E-state index < -0.39 is 0 Å². The quantitative estimate of drug-likeness (QED) is 0.720. The standard InChI is InChI=1S/C19H16ClN3O/c1-23(2)19(24)17-16(13-7-4-3-5-8-13)12-21-22-18(17)14-9-6-10-15(20)11-14/h3-12H,1-2H3. The van der Waals surface area contributed by atoms with Gasteiger partial charge >= 0.3 is 0 Å². The van der Waals surface area contributed by atoms with E-state index >= 15 is 0 Å². The van der Waals surface area contributed by atoms with E-state index in [1.807, 2.05) is 42.5 Å². The second kappa shape index (κ2) is 6.81. The van der Waals surface area contributed by atoms with Crippen molar-refractivity contribution in [2.75, 3.05) is 14.1 Å². The van der Waals surface area contributed by atoms with Crippen LogP contribution in [0.3, 0.4) is 0 Å². The van der Waals surface area contributed by atoms with Crippen molar-refractivity contribution in [3.05, 3.63) is 71.4 Å². The lowest BCUT2D eigenvalue weighted by Crippen LogP contribution is -2.24. The first-order chi connectivity index (χ1) is 11.6. The Labute approximate surface area is 145 Å². The summed E-state index contributed by atoms with van der Waals surface area (Å²) in [5.41, 5.74) is 3.47. The summed E-state index contributed by atoms with van der Waals surface area (Å²) in [4.78, 5) is 14.4. The maximum Gasteiger partial charge on any atom is 0.256 e. The second-order valence-corrected chi connectivity index (χ2v) is 5.99. The Morgan fingerprint density at radius 3 is 2.38 bits per heavy atom. The first-order valence-corrected chi connectivity index (χ1v) is 7.84. The molecule has 0 fully saturated rings. The zero-order valence-electron chi connectivity index (χ0n) is 13.4. The van der Waals surface area contributed by atoms with Crippen LogP contribution < -0.4 is 0 Å². The highest BCUT2D eigenvalue weighted by Crippen LogP contribution is 2.31. The van der Waals surface area contributed by atoms with E-state index in [0.29, 0.717) is 16.3 Å². The molecule has 3 aromatic rings. The predicted octanol–water partition coefficient (Wildman–Crippen LogP) is 4.17. The van der Waals surface area contributed by atoms with Crippen molar-refractivity contribution >= 4 is 17.5 Å². The van der Waals surface area contributed by atoms with E-state index in [-0.39, 0.29) is 5.91 Å². The first kappa shape index (κ1) is 16.1. The van der Waals surface area contributed by atoms with Gasteiger partial charge in [0.25, 0.3) is 5.91 Å². The van der Waals surface area contributed by atoms with Crippen molar-refractivity contribution in [3.8, 4) is 22.4 Å². The Bertz CT molecular complexity index is 879. The summed E-state index contributed by atoms with van der Waals surface area (Å²) in [5.74, 6) is -0.126. The smallest absolute Gasteiger partial charge is 0.256 e. The Balaban J connectivity index is 2.28. The Morgan fingerprint density at radius 2 is 1.71 bits per heavy atom. The number of hydrogen-bond donors (Lipinski definition) is 0. The van der Waals surface area contributed by atoms with Crippen molar-refractivity contribution in [2.24, 2.45) is 0 Å². The highest BCUT2D eigenvalue weighted by Gasteiger charge is 2.22. The van der Waals surface area contributed by atoms with Crippen LogP contribution >= 0.6 is 11.6 Å². The van der Waals surface area contributed by atoms with Crippen molar-refractivity contribution < 1.29 is 4.79 Å². The normalized spacial score (nSPS) is 10.5. The Hall–Kier alpha value is -2.72. The lowest BCUT2D eigenvalue weighted by atomic mass is 9.96. The third-order valence-electron chi connectivity index (χ3n) is 3.65. The van der Waals surface area contributed by atoms with Gasteiger partial charge in [-0.15, -0.1) is 5.10 Å². The number of carbonyl (C=O) groups excluding carboxylic acids is 1. The van der Waals surface area contributed by atoms with E-state index in [2.05, 4.69) is 10.2 Å². The summed E-state index contributed by atoms with van der Waals surface area (Å²) < 4.78 is 0. The van der Waals surface area contributed by atoms with Crippen molar-refractivity contribution in [1.82, 2.24) is 15.1 Å². The molecule has 1 heterocycles. The zero-order chi connectivity index (χ0) is 17.1.